The number of thiazole rings is 1. The molecule has 10 heteroatoms. The maximum Gasteiger partial charge on any atom is 0.338 e. The van der Waals surface area contributed by atoms with Crippen LogP contribution in [0.4, 0.5) is 4.39 Å². The summed E-state index contributed by atoms with van der Waals surface area (Å²) in [7, 11) is 0. The Morgan fingerprint density at radius 3 is 2.36 bits per heavy atom. The van der Waals surface area contributed by atoms with E-state index in [1.54, 1.807) is 49.4 Å². The molecular formula is C35H28FN3O5S. The van der Waals surface area contributed by atoms with E-state index in [-0.39, 0.29) is 23.3 Å². The first-order chi connectivity index (χ1) is 21.7. The second kappa shape index (κ2) is 12.0. The van der Waals surface area contributed by atoms with Crippen molar-refractivity contribution in [3.63, 3.8) is 0 Å². The first-order valence-electron chi connectivity index (χ1n) is 14.2. The van der Waals surface area contributed by atoms with Crippen molar-refractivity contribution in [2.75, 3.05) is 6.61 Å². The van der Waals surface area contributed by atoms with E-state index < -0.39 is 23.8 Å². The number of aromatic nitrogens is 2. The minimum absolute atomic E-state index is 0.125. The highest BCUT2D eigenvalue weighted by Gasteiger charge is 2.35. The lowest BCUT2D eigenvalue weighted by atomic mass is 9.93. The predicted octanol–water partition coefficient (Wildman–Crippen LogP) is 5.18. The van der Waals surface area contributed by atoms with Crippen molar-refractivity contribution in [3.05, 3.63) is 150 Å². The van der Waals surface area contributed by atoms with Crippen molar-refractivity contribution in [1.29, 1.82) is 0 Å². The lowest BCUT2D eigenvalue weighted by molar-refractivity contribution is -0.138. The van der Waals surface area contributed by atoms with Gasteiger partial charge in [-0.05, 0) is 80.4 Å². The fraction of sp³-hybridized carbons (Fsp3) is 0.143. The summed E-state index contributed by atoms with van der Waals surface area (Å²) in [6.07, 6.45) is 1.80. The van der Waals surface area contributed by atoms with Gasteiger partial charge in [0, 0.05) is 22.6 Å². The molecule has 1 aliphatic rings. The maximum absolute atomic E-state index is 14.2. The van der Waals surface area contributed by atoms with E-state index >= 15 is 0 Å². The third-order valence-electron chi connectivity index (χ3n) is 7.69. The number of esters is 1. The molecule has 0 saturated heterocycles. The zero-order valence-electron chi connectivity index (χ0n) is 24.7. The first kappa shape index (κ1) is 29.7. The van der Waals surface area contributed by atoms with Gasteiger partial charge in [0.05, 0.1) is 34.0 Å². The number of halogens is 1. The molecule has 3 aromatic carbocycles. The van der Waals surface area contributed by atoms with E-state index in [1.807, 2.05) is 54.8 Å². The number of carboxylic acids is 1. The Balaban J connectivity index is 1.56. The van der Waals surface area contributed by atoms with Crippen molar-refractivity contribution in [2.24, 2.45) is 4.99 Å². The monoisotopic (exact) mass is 621 g/mol. The Bertz CT molecular complexity index is 2160. The summed E-state index contributed by atoms with van der Waals surface area (Å²) in [6, 6.07) is 22.6. The van der Waals surface area contributed by atoms with Crippen LogP contribution in [0, 0.1) is 19.7 Å². The smallest absolute Gasteiger partial charge is 0.338 e. The highest BCUT2D eigenvalue weighted by molar-refractivity contribution is 7.07. The van der Waals surface area contributed by atoms with Crippen molar-refractivity contribution >= 4 is 35.0 Å². The standard InChI is InChI=1S/C35H28FN3O5S/c1-4-44-34(43)29-30(22-8-6-5-7-9-22)37-35-39(31(29)23-10-14-26(36)15-11-23)32(40)28(45-35)19-25-18-20(2)38(21(25)3)27-16-12-24(13-17-27)33(41)42/h5-19,31H,4H2,1-3H3,(H,41,42)/t31-/m0/s1. The fourth-order valence-electron chi connectivity index (χ4n) is 5.63. The summed E-state index contributed by atoms with van der Waals surface area (Å²) >= 11 is 1.20. The largest absolute Gasteiger partial charge is 0.478 e. The number of carbonyl (C=O) groups excluding carboxylic acids is 1. The number of carboxylic acid groups (broad SMARTS) is 1. The van der Waals surface area contributed by atoms with Crippen LogP contribution in [0.3, 0.4) is 0 Å². The van der Waals surface area contributed by atoms with E-state index in [4.69, 9.17) is 9.73 Å². The molecule has 0 unspecified atom stereocenters. The van der Waals surface area contributed by atoms with Crippen molar-refractivity contribution in [2.45, 2.75) is 26.8 Å². The number of fused-ring (bicyclic) bond motifs is 1. The molecule has 3 heterocycles. The molecule has 1 atom stereocenters. The van der Waals surface area contributed by atoms with E-state index in [2.05, 4.69) is 0 Å². The molecular weight excluding hydrogens is 593 g/mol. The topological polar surface area (TPSA) is 103 Å². The summed E-state index contributed by atoms with van der Waals surface area (Å²) in [4.78, 5) is 44.3. The summed E-state index contributed by atoms with van der Waals surface area (Å²) in [6.45, 7) is 5.69. The van der Waals surface area contributed by atoms with Crippen LogP contribution in [-0.2, 0) is 9.53 Å². The zero-order chi connectivity index (χ0) is 31.8. The lowest BCUT2D eigenvalue weighted by Gasteiger charge is -2.25. The van der Waals surface area contributed by atoms with Crippen LogP contribution >= 0.6 is 11.3 Å². The number of rotatable bonds is 7. The van der Waals surface area contributed by atoms with E-state index in [0.29, 0.717) is 26.2 Å². The quantitative estimate of drug-likeness (QED) is 0.253. The van der Waals surface area contributed by atoms with E-state index in [9.17, 15) is 23.9 Å². The third-order valence-corrected chi connectivity index (χ3v) is 8.67. The summed E-state index contributed by atoms with van der Waals surface area (Å²) in [5, 5.41) is 9.28. The lowest BCUT2D eigenvalue weighted by Crippen LogP contribution is -2.40. The third kappa shape index (κ3) is 5.44. The van der Waals surface area contributed by atoms with Gasteiger partial charge in [0.25, 0.3) is 5.56 Å². The Morgan fingerprint density at radius 1 is 1.02 bits per heavy atom. The molecule has 0 bridgehead atoms. The predicted molar refractivity (Wildman–Crippen MR) is 170 cm³/mol. The Morgan fingerprint density at radius 2 is 1.71 bits per heavy atom. The van der Waals surface area contributed by atoms with Crippen LogP contribution < -0.4 is 14.9 Å². The van der Waals surface area contributed by atoms with Crippen LogP contribution in [0.15, 0.2) is 100 Å². The van der Waals surface area contributed by atoms with Crippen molar-refractivity contribution < 1.29 is 23.8 Å². The number of ether oxygens (including phenoxy) is 1. The fourth-order valence-corrected chi connectivity index (χ4v) is 6.62. The van der Waals surface area contributed by atoms with Crippen molar-refractivity contribution in [1.82, 2.24) is 9.13 Å². The summed E-state index contributed by atoms with van der Waals surface area (Å²) in [5.41, 5.74) is 4.98. The highest BCUT2D eigenvalue weighted by Crippen LogP contribution is 2.35. The molecule has 0 spiro atoms. The molecule has 0 aliphatic carbocycles. The van der Waals surface area contributed by atoms with Crippen LogP contribution in [0.25, 0.3) is 17.5 Å². The average Bonchev–Trinajstić information content (AvgIpc) is 3.50. The molecule has 5 aromatic rings. The number of nitrogens with zero attached hydrogens (tertiary/aromatic N) is 3. The number of aromatic carboxylic acids is 1. The van der Waals surface area contributed by atoms with Crippen molar-refractivity contribution in [3.8, 4) is 5.69 Å². The van der Waals surface area contributed by atoms with E-state index in [0.717, 1.165) is 22.6 Å². The molecule has 0 radical (unpaired) electrons. The van der Waals surface area contributed by atoms with Crippen LogP contribution in [0.2, 0.25) is 0 Å². The Labute approximate surface area is 261 Å². The molecule has 1 N–H and O–H groups in total. The van der Waals surface area contributed by atoms with Gasteiger partial charge in [0.1, 0.15) is 5.82 Å². The Kier molecular flexibility index (Phi) is 7.90. The number of carbonyl (C=O) groups is 2. The van der Waals surface area contributed by atoms with Gasteiger partial charge in [-0.25, -0.2) is 19.0 Å². The maximum atomic E-state index is 14.2. The molecule has 2 aromatic heterocycles. The molecule has 6 rings (SSSR count). The molecule has 0 saturated carbocycles. The van der Waals surface area contributed by atoms with Gasteiger partial charge in [0.2, 0.25) is 0 Å². The number of benzene rings is 3. The molecule has 45 heavy (non-hydrogen) atoms. The number of hydrogen-bond donors (Lipinski definition) is 1. The minimum Gasteiger partial charge on any atom is -0.478 e. The van der Waals surface area contributed by atoms with Gasteiger partial charge in [-0.15, -0.1) is 0 Å². The molecule has 1 aliphatic heterocycles. The Hall–Kier alpha value is -5.35. The van der Waals surface area contributed by atoms with Gasteiger partial charge < -0.3 is 14.4 Å². The second-order valence-electron chi connectivity index (χ2n) is 10.5. The van der Waals surface area contributed by atoms with Gasteiger partial charge in [0.15, 0.2) is 4.80 Å². The van der Waals surface area contributed by atoms with Crippen LogP contribution in [0.5, 0.6) is 0 Å². The highest BCUT2D eigenvalue weighted by atomic mass is 32.1. The van der Waals surface area contributed by atoms with Gasteiger partial charge in [-0.1, -0.05) is 53.8 Å². The van der Waals surface area contributed by atoms with Gasteiger partial charge >= 0.3 is 11.9 Å². The number of aryl methyl sites for hydroxylation is 1. The first-order valence-corrected chi connectivity index (χ1v) is 15.1. The van der Waals surface area contributed by atoms with Gasteiger partial charge in [-0.3, -0.25) is 9.36 Å². The second-order valence-corrected chi connectivity index (χ2v) is 11.5. The normalized spacial score (nSPS) is 14.7. The zero-order valence-corrected chi connectivity index (χ0v) is 25.5. The van der Waals surface area contributed by atoms with E-state index in [1.165, 1.54) is 28.0 Å². The minimum atomic E-state index is -1.00. The van der Waals surface area contributed by atoms with Gasteiger partial charge in [-0.2, -0.15) is 0 Å². The molecule has 0 amide bonds. The average molecular weight is 622 g/mol. The summed E-state index contributed by atoms with van der Waals surface area (Å²) < 4.78 is 23.4. The number of hydrogen-bond acceptors (Lipinski definition) is 6. The molecule has 8 nitrogen and oxygen atoms in total. The molecule has 0 fully saturated rings. The van der Waals surface area contributed by atoms with Crippen LogP contribution in [0.1, 0.15) is 51.4 Å². The summed E-state index contributed by atoms with van der Waals surface area (Å²) in [5.74, 6) is -2.05. The van der Waals surface area contributed by atoms with Crippen LogP contribution in [-0.4, -0.2) is 32.8 Å². The SMILES string of the molecule is CCOC(=O)C1=C(c2ccccc2)N=c2sc(=Cc3cc(C)n(-c4ccc(C(=O)O)cc4)c3C)c(=O)n2[C@H]1c1ccc(F)cc1. The molecule has 226 valence electrons.